The summed E-state index contributed by atoms with van der Waals surface area (Å²) < 4.78 is 15.0. The summed E-state index contributed by atoms with van der Waals surface area (Å²) in [4.78, 5) is 28.7. The van der Waals surface area contributed by atoms with E-state index in [1.807, 2.05) is 22.9 Å². The molecule has 4 aromatic rings. The zero-order valence-electron chi connectivity index (χ0n) is 15.7. The van der Waals surface area contributed by atoms with Crippen LogP contribution in [0, 0.1) is 5.82 Å². The molecular formula is C22H18FN5O2. The largest absolute Gasteiger partial charge is 0.383 e. The number of carbonyl (C=O) groups excluding carboxylic acids is 2. The summed E-state index contributed by atoms with van der Waals surface area (Å²) in [6.45, 7) is 0. The van der Waals surface area contributed by atoms with Crippen LogP contribution in [0.1, 0.15) is 11.5 Å². The predicted molar refractivity (Wildman–Crippen MR) is 112 cm³/mol. The Hall–Kier alpha value is -4.20. The normalized spacial score (nSPS) is 11.9. The van der Waals surface area contributed by atoms with E-state index in [0.717, 1.165) is 16.6 Å². The highest BCUT2D eigenvalue weighted by atomic mass is 19.1. The Morgan fingerprint density at radius 3 is 2.37 bits per heavy atom. The predicted octanol–water partition coefficient (Wildman–Crippen LogP) is 2.95. The summed E-state index contributed by atoms with van der Waals surface area (Å²) in [5.41, 5.74) is 13.9. The van der Waals surface area contributed by atoms with Gasteiger partial charge in [-0.2, -0.15) is 0 Å². The van der Waals surface area contributed by atoms with E-state index in [0.29, 0.717) is 17.1 Å². The van der Waals surface area contributed by atoms with Crippen LogP contribution in [0.25, 0.3) is 16.6 Å². The number of hydrogen-bond acceptors (Lipinski definition) is 4. The molecule has 2 amide bonds. The molecule has 2 heterocycles. The number of amides is 2. The molecule has 4 rings (SSSR count). The molecule has 0 aliphatic carbocycles. The Morgan fingerprint density at radius 1 is 1.00 bits per heavy atom. The number of aromatic nitrogens is 2. The number of rotatable bonds is 5. The van der Waals surface area contributed by atoms with Crippen molar-refractivity contribution in [3.63, 3.8) is 0 Å². The Labute approximate surface area is 171 Å². The number of hydrogen-bond donors (Lipinski definition) is 3. The number of benzene rings is 2. The van der Waals surface area contributed by atoms with E-state index in [1.165, 1.54) is 24.3 Å². The minimum Gasteiger partial charge on any atom is -0.383 e. The number of nitrogens with zero attached hydrogens (tertiary/aromatic N) is 2. The number of pyridine rings is 1. The summed E-state index contributed by atoms with van der Waals surface area (Å²) in [6.07, 6.45) is 3.50. The molecule has 8 heteroatoms. The third-order valence-electron chi connectivity index (χ3n) is 4.81. The molecule has 150 valence electrons. The molecule has 0 saturated heterocycles. The van der Waals surface area contributed by atoms with Gasteiger partial charge in [0.25, 0.3) is 0 Å². The van der Waals surface area contributed by atoms with E-state index >= 15 is 0 Å². The minimum atomic E-state index is -1.19. The van der Waals surface area contributed by atoms with Gasteiger partial charge in [0.15, 0.2) is 0 Å². The maximum atomic E-state index is 13.1. The van der Waals surface area contributed by atoms with Crippen LogP contribution in [0.15, 0.2) is 73.1 Å². The van der Waals surface area contributed by atoms with E-state index in [1.54, 1.807) is 30.5 Å². The van der Waals surface area contributed by atoms with Gasteiger partial charge in [-0.15, -0.1) is 0 Å². The second-order valence-electron chi connectivity index (χ2n) is 6.74. The van der Waals surface area contributed by atoms with Gasteiger partial charge >= 0.3 is 0 Å². The molecule has 0 fully saturated rings. The third kappa shape index (κ3) is 3.58. The van der Waals surface area contributed by atoms with Crippen LogP contribution in [0.3, 0.4) is 0 Å². The number of nitrogens with two attached hydrogens (primary N) is 2. The molecule has 1 unspecified atom stereocenters. The molecule has 30 heavy (non-hydrogen) atoms. The Bertz CT molecular complexity index is 1230. The first-order valence-corrected chi connectivity index (χ1v) is 9.11. The van der Waals surface area contributed by atoms with Crippen molar-refractivity contribution < 1.29 is 14.0 Å². The molecular weight excluding hydrogens is 385 g/mol. The average molecular weight is 403 g/mol. The number of fused-ring (bicyclic) bond motifs is 1. The van der Waals surface area contributed by atoms with E-state index in [4.69, 9.17) is 11.5 Å². The highest BCUT2D eigenvalue weighted by molar-refractivity contribution is 6.10. The van der Waals surface area contributed by atoms with Crippen molar-refractivity contribution in [2.75, 3.05) is 11.1 Å². The van der Waals surface area contributed by atoms with E-state index in [2.05, 4.69) is 10.3 Å². The Kier molecular flexibility index (Phi) is 4.89. The van der Waals surface area contributed by atoms with Gasteiger partial charge in [0, 0.05) is 29.2 Å². The number of anilines is 2. The molecule has 0 saturated carbocycles. The Morgan fingerprint density at radius 2 is 1.70 bits per heavy atom. The molecule has 0 spiro atoms. The van der Waals surface area contributed by atoms with Crippen LogP contribution >= 0.6 is 0 Å². The molecule has 0 aliphatic rings. The van der Waals surface area contributed by atoms with Gasteiger partial charge < -0.3 is 21.4 Å². The molecule has 2 aromatic heterocycles. The van der Waals surface area contributed by atoms with Gasteiger partial charge in [0.05, 0.1) is 5.52 Å². The molecule has 7 nitrogen and oxygen atoms in total. The summed E-state index contributed by atoms with van der Waals surface area (Å²) in [6, 6.07) is 15.9. The first-order chi connectivity index (χ1) is 14.4. The molecule has 1 atom stereocenters. The SMILES string of the molecule is NC(=O)C(C(=O)Nc1ccc(F)cc1)c1ccc(-n2ccc3c(N)nccc32)cc1. The van der Waals surface area contributed by atoms with Crippen LogP contribution in [0.4, 0.5) is 15.9 Å². The highest BCUT2D eigenvalue weighted by Gasteiger charge is 2.26. The zero-order valence-corrected chi connectivity index (χ0v) is 15.7. The van der Waals surface area contributed by atoms with Crippen LogP contribution in [-0.4, -0.2) is 21.4 Å². The van der Waals surface area contributed by atoms with Gasteiger partial charge in [-0.05, 0) is 54.1 Å². The van der Waals surface area contributed by atoms with Crippen molar-refractivity contribution >= 4 is 34.2 Å². The van der Waals surface area contributed by atoms with Crippen LogP contribution in [0.2, 0.25) is 0 Å². The maximum absolute atomic E-state index is 13.1. The topological polar surface area (TPSA) is 116 Å². The summed E-state index contributed by atoms with van der Waals surface area (Å²) in [5.74, 6) is -2.55. The monoisotopic (exact) mass is 403 g/mol. The van der Waals surface area contributed by atoms with Crippen molar-refractivity contribution in [2.45, 2.75) is 5.92 Å². The average Bonchev–Trinajstić information content (AvgIpc) is 3.16. The molecule has 0 aliphatic heterocycles. The minimum absolute atomic E-state index is 0.370. The van der Waals surface area contributed by atoms with E-state index < -0.39 is 23.5 Å². The third-order valence-corrected chi connectivity index (χ3v) is 4.81. The smallest absolute Gasteiger partial charge is 0.241 e. The first-order valence-electron chi connectivity index (χ1n) is 9.11. The molecule has 0 bridgehead atoms. The number of nitrogens with one attached hydrogen (secondary N) is 1. The number of primary amides is 1. The van der Waals surface area contributed by atoms with Crippen molar-refractivity contribution in [1.29, 1.82) is 0 Å². The van der Waals surface area contributed by atoms with E-state index in [-0.39, 0.29) is 0 Å². The lowest BCUT2D eigenvalue weighted by Gasteiger charge is -2.15. The van der Waals surface area contributed by atoms with Gasteiger partial charge in [0.1, 0.15) is 17.6 Å². The van der Waals surface area contributed by atoms with Crippen LogP contribution < -0.4 is 16.8 Å². The van der Waals surface area contributed by atoms with Gasteiger partial charge in [-0.1, -0.05) is 12.1 Å². The van der Waals surface area contributed by atoms with Gasteiger partial charge in [0.2, 0.25) is 11.8 Å². The van der Waals surface area contributed by atoms with Crippen molar-refractivity contribution in [2.24, 2.45) is 5.73 Å². The lowest BCUT2D eigenvalue weighted by atomic mass is 9.97. The first kappa shape index (κ1) is 19.1. The summed E-state index contributed by atoms with van der Waals surface area (Å²) >= 11 is 0. The lowest BCUT2D eigenvalue weighted by molar-refractivity contribution is -0.127. The standard InChI is InChI=1S/C22H18FN5O2/c23-14-3-5-15(6-4-14)27-22(30)19(21(25)29)13-1-7-16(8-2-13)28-12-10-17-18(28)9-11-26-20(17)24/h1-12,19H,(H2,24,26)(H2,25,29)(H,27,30). The second-order valence-corrected chi connectivity index (χ2v) is 6.74. The zero-order chi connectivity index (χ0) is 21.3. The number of carbonyl (C=O) groups is 2. The fourth-order valence-corrected chi connectivity index (χ4v) is 3.33. The van der Waals surface area contributed by atoms with Crippen LogP contribution in [-0.2, 0) is 9.59 Å². The lowest BCUT2D eigenvalue weighted by Crippen LogP contribution is -2.32. The molecule has 0 radical (unpaired) electrons. The van der Waals surface area contributed by atoms with Crippen molar-refractivity contribution in [3.8, 4) is 5.69 Å². The van der Waals surface area contributed by atoms with Crippen molar-refractivity contribution in [1.82, 2.24) is 9.55 Å². The van der Waals surface area contributed by atoms with Gasteiger partial charge in [-0.3, -0.25) is 9.59 Å². The molecule has 5 N–H and O–H groups in total. The molecule has 2 aromatic carbocycles. The summed E-state index contributed by atoms with van der Waals surface area (Å²) in [7, 11) is 0. The van der Waals surface area contributed by atoms with Gasteiger partial charge in [-0.25, -0.2) is 9.37 Å². The number of nitrogen functional groups attached to an aromatic ring is 1. The Balaban J connectivity index is 1.61. The quantitative estimate of drug-likeness (QED) is 0.444. The van der Waals surface area contributed by atoms with E-state index in [9.17, 15) is 14.0 Å². The highest BCUT2D eigenvalue weighted by Crippen LogP contribution is 2.25. The second kappa shape index (κ2) is 7.67. The summed E-state index contributed by atoms with van der Waals surface area (Å²) in [5, 5.41) is 3.42. The maximum Gasteiger partial charge on any atom is 0.241 e. The van der Waals surface area contributed by atoms with Crippen LogP contribution in [0.5, 0.6) is 0 Å². The fourth-order valence-electron chi connectivity index (χ4n) is 3.33. The fraction of sp³-hybridized carbons (Fsp3) is 0.0455. The van der Waals surface area contributed by atoms with Crippen molar-refractivity contribution in [3.05, 3.63) is 84.4 Å². The number of halogens is 1.